The lowest BCUT2D eigenvalue weighted by atomic mass is 10.0. The Kier molecular flexibility index (Phi) is 5.55. The zero-order chi connectivity index (χ0) is 15.3. The molecule has 118 valence electrons. The van der Waals surface area contributed by atoms with Gasteiger partial charge in [-0.15, -0.1) is 0 Å². The minimum absolute atomic E-state index is 0.255. The molecule has 1 aromatic rings. The molecule has 0 radical (unpaired) electrons. The van der Waals surface area contributed by atoms with Crippen molar-refractivity contribution in [3.05, 3.63) is 18.3 Å². The van der Waals surface area contributed by atoms with Crippen LogP contribution in [0, 0.1) is 5.92 Å². The Hall–Kier alpha value is -1.18. The van der Waals surface area contributed by atoms with Gasteiger partial charge in [-0.2, -0.15) is 4.31 Å². The molecule has 1 fully saturated rings. The number of nitrogens with one attached hydrogen (secondary N) is 1. The van der Waals surface area contributed by atoms with Crippen LogP contribution in [0.25, 0.3) is 0 Å². The van der Waals surface area contributed by atoms with Crippen LogP contribution in [0.5, 0.6) is 0 Å². The van der Waals surface area contributed by atoms with Gasteiger partial charge >= 0.3 is 0 Å². The molecule has 1 aliphatic rings. The summed E-state index contributed by atoms with van der Waals surface area (Å²) in [5.41, 5.74) is 0. The fraction of sp³-hybridized carbons (Fsp3) is 0.643. The highest BCUT2D eigenvalue weighted by Crippen LogP contribution is 2.27. The second kappa shape index (κ2) is 7.20. The molecule has 0 aliphatic carbocycles. The van der Waals surface area contributed by atoms with E-state index in [1.54, 1.807) is 29.7 Å². The van der Waals surface area contributed by atoms with Gasteiger partial charge in [0.05, 0.1) is 6.61 Å². The fourth-order valence-electron chi connectivity index (χ4n) is 2.65. The summed E-state index contributed by atoms with van der Waals surface area (Å²) in [5.74, 6) is 0.687. The van der Waals surface area contributed by atoms with Crippen molar-refractivity contribution >= 4 is 15.8 Å². The maximum atomic E-state index is 12.8. The first kappa shape index (κ1) is 16.2. The van der Waals surface area contributed by atoms with Crippen molar-refractivity contribution in [2.45, 2.75) is 24.7 Å². The third-order valence-corrected chi connectivity index (χ3v) is 5.51. The van der Waals surface area contributed by atoms with Crippen LogP contribution in [0.1, 0.15) is 19.8 Å². The van der Waals surface area contributed by atoms with Crippen molar-refractivity contribution in [1.82, 2.24) is 9.29 Å². The molecule has 1 saturated heterocycles. The van der Waals surface area contributed by atoms with Crippen molar-refractivity contribution < 1.29 is 13.2 Å². The summed E-state index contributed by atoms with van der Waals surface area (Å²) in [6.07, 6.45) is 3.47. The number of sulfonamides is 1. The number of methoxy groups -OCH3 is 1. The summed E-state index contributed by atoms with van der Waals surface area (Å²) in [7, 11) is -1.86. The number of anilines is 1. The van der Waals surface area contributed by atoms with Gasteiger partial charge in [-0.05, 0) is 37.8 Å². The predicted octanol–water partition coefficient (Wildman–Crippen LogP) is 1.56. The number of ether oxygens (including phenoxy) is 1. The van der Waals surface area contributed by atoms with E-state index in [1.807, 2.05) is 6.92 Å². The maximum Gasteiger partial charge on any atom is 0.246 e. The number of rotatable bonds is 6. The Morgan fingerprint density at radius 2 is 2.33 bits per heavy atom. The molecule has 21 heavy (non-hydrogen) atoms. The fourth-order valence-corrected chi connectivity index (χ4v) is 4.33. The van der Waals surface area contributed by atoms with Gasteiger partial charge < -0.3 is 10.1 Å². The van der Waals surface area contributed by atoms with Crippen LogP contribution in [0.15, 0.2) is 23.2 Å². The van der Waals surface area contributed by atoms with Crippen LogP contribution in [0.3, 0.4) is 0 Å². The van der Waals surface area contributed by atoms with Crippen molar-refractivity contribution in [2.24, 2.45) is 5.92 Å². The van der Waals surface area contributed by atoms with Gasteiger partial charge in [-0.3, -0.25) is 0 Å². The number of aromatic nitrogens is 1. The second-order valence-corrected chi connectivity index (χ2v) is 7.11. The molecule has 1 N–H and O–H groups in total. The molecule has 6 nitrogen and oxygen atoms in total. The first-order valence-corrected chi connectivity index (χ1v) is 8.71. The first-order chi connectivity index (χ1) is 10.1. The zero-order valence-electron chi connectivity index (χ0n) is 12.6. The molecule has 1 aromatic heterocycles. The van der Waals surface area contributed by atoms with Crippen LogP contribution in [0.4, 0.5) is 5.82 Å². The molecular weight excluding hydrogens is 290 g/mol. The van der Waals surface area contributed by atoms with Gasteiger partial charge in [-0.25, -0.2) is 13.4 Å². The van der Waals surface area contributed by atoms with Gasteiger partial charge in [0.15, 0.2) is 0 Å². The number of nitrogens with zero attached hydrogens (tertiary/aromatic N) is 2. The summed E-state index contributed by atoms with van der Waals surface area (Å²) >= 11 is 0. The van der Waals surface area contributed by atoms with E-state index in [9.17, 15) is 8.42 Å². The number of piperidine rings is 1. The largest absolute Gasteiger partial charge is 0.384 e. The maximum absolute atomic E-state index is 12.8. The smallest absolute Gasteiger partial charge is 0.246 e. The minimum atomic E-state index is -3.51. The topological polar surface area (TPSA) is 71.5 Å². The Labute approximate surface area is 126 Å². The molecule has 1 unspecified atom stereocenters. The monoisotopic (exact) mass is 313 g/mol. The molecule has 2 heterocycles. The van der Waals surface area contributed by atoms with E-state index in [1.165, 1.54) is 0 Å². The average molecular weight is 313 g/mol. The van der Waals surface area contributed by atoms with Crippen molar-refractivity contribution in [3.63, 3.8) is 0 Å². The van der Waals surface area contributed by atoms with Crippen LogP contribution < -0.4 is 5.32 Å². The van der Waals surface area contributed by atoms with Gasteiger partial charge in [-0.1, -0.05) is 0 Å². The van der Waals surface area contributed by atoms with Gasteiger partial charge in [0.2, 0.25) is 10.0 Å². The van der Waals surface area contributed by atoms with Crippen molar-refractivity contribution in [3.8, 4) is 0 Å². The van der Waals surface area contributed by atoms with Gasteiger partial charge in [0.1, 0.15) is 10.7 Å². The molecule has 0 bridgehead atoms. The van der Waals surface area contributed by atoms with Crippen LogP contribution in [-0.4, -0.2) is 51.1 Å². The lowest BCUT2D eigenvalue weighted by Gasteiger charge is -2.31. The van der Waals surface area contributed by atoms with E-state index in [0.717, 1.165) is 12.8 Å². The van der Waals surface area contributed by atoms with Crippen LogP contribution in [-0.2, 0) is 14.8 Å². The molecule has 1 aliphatic heterocycles. The number of hydrogen-bond donors (Lipinski definition) is 1. The van der Waals surface area contributed by atoms with Gasteiger partial charge in [0.25, 0.3) is 0 Å². The Morgan fingerprint density at radius 3 is 3.05 bits per heavy atom. The molecule has 0 amide bonds. The van der Waals surface area contributed by atoms with Crippen molar-refractivity contribution in [2.75, 3.05) is 38.7 Å². The Morgan fingerprint density at radius 1 is 1.52 bits per heavy atom. The third kappa shape index (κ3) is 3.72. The number of hydrogen-bond acceptors (Lipinski definition) is 5. The van der Waals surface area contributed by atoms with E-state index in [4.69, 9.17) is 4.74 Å². The summed E-state index contributed by atoms with van der Waals surface area (Å²) in [5, 5.41) is 3.02. The summed E-state index contributed by atoms with van der Waals surface area (Å²) < 4.78 is 32.4. The average Bonchev–Trinajstić information content (AvgIpc) is 2.49. The summed E-state index contributed by atoms with van der Waals surface area (Å²) in [4.78, 5) is 4.40. The highest BCUT2D eigenvalue weighted by molar-refractivity contribution is 7.89. The first-order valence-electron chi connectivity index (χ1n) is 7.27. The van der Waals surface area contributed by atoms with E-state index in [-0.39, 0.29) is 10.8 Å². The highest BCUT2D eigenvalue weighted by Gasteiger charge is 2.32. The SMILES string of the molecule is CCNc1ncccc1S(=O)(=O)N1CCCC(COC)C1. The molecule has 1 atom stereocenters. The third-order valence-electron chi connectivity index (χ3n) is 3.62. The van der Waals surface area contributed by atoms with E-state index >= 15 is 0 Å². The standard InChI is InChI=1S/C14H23N3O3S/c1-3-15-14-13(7-4-8-16-14)21(18,19)17-9-5-6-12(10-17)11-20-2/h4,7-8,12H,3,5-6,9-11H2,1-2H3,(H,15,16). The summed E-state index contributed by atoms with van der Waals surface area (Å²) in [6, 6.07) is 3.27. The normalized spacial score (nSPS) is 20.4. The quantitative estimate of drug-likeness (QED) is 0.863. The number of pyridine rings is 1. The second-order valence-electron chi connectivity index (χ2n) is 5.21. The highest BCUT2D eigenvalue weighted by atomic mass is 32.2. The van der Waals surface area contributed by atoms with Crippen molar-refractivity contribution in [1.29, 1.82) is 0 Å². The Bertz CT molecular complexity index is 560. The predicted molar refractivity (Wildman–Crippen MR) is 81.8 cm³/mol. The molecule has 7 heteroatoms. The lowest BCUT2D eigenvalue weighted by molar-refractivity contribution is 0.118. The van der Waals surface area contributed by atoms with E-state index in [0.29, 0.717) is 32.1 Å². The van der Waals surface area contributed by atoms with Crippen LogP contribution >= 0.6 is 0 Å². The lowest BCUT2D eigenvalue weighted by Crippen LogP contribution is -2.41. The van der Waals surface area contributed by atoms with E-state index < -0.39 is 10.0 Å². The molecule has 0 saturated carbocycles. The Balaban J connectivity index is 2.25. The zero-order valence-corrected chi connectivity index (χ0v) is 13.4. The van der Waals surface area contributed by atoms with Gasteiger partial charge in [0, 0.05) is 32.9 Å². The molecular formula is C14H23N3O3S. The minimum Gasteiger partial charge on any atom is -0.384 e. The van der Waals surface area contributed by atoms with E-state index in [2.05, 4.69) is 10.3 Å². The summed E-state index contributed by atoms with van der Waals surface area (Å²) in [6.45, 7) is 4.21. The molecule has 2 rings (SSSR count). The van der Waals surface area contributed by atoms with Crippen LogP contribution in [0.2, 0.25) is 0 Å². The molecule has 0 spiro atoms. The molecule has 0 aromatic carbocycles.